The summed E-state index contributed by atoms with van der Waals surface area (Å²) in [5.74, 6) is 1.31. The summed E-state index contributed by atoms with van der Waals surface area (Å²) in [5.41, 5.74) is 2.90. The molecule has 1 amide bonds. The van der Waals surface area contributed by atoms with Crippen LogP contribution in [0.1, 0.15) is 39.3 Å². The van der Waals surface area contributed by atoms with Gasteiger partial charge < -0.3 is 24.4 Å². The van der Waals surface area contributed by atoms with Gasteiger partial charge in [0.25, 0.3) is 5.91 Å². The maximum atomic E-state index is 13.0. The summed E-state index contributed by atoms with van der Waals surface area (Å²) in [5, 5.41) is 4.10. The molecule has 0 saturated carbocycles. The van der Waals surface area contributed by atoms with Crippen molar-refractivity contribution in [3.8, 4) is 11.5 Å². The lowest BCUT2D eigenvalue weighted by Gasteiger charge is -2.32. The molecular formula is C26H31N2O4S+. The van der Waals surface area contributed by atoms with Crippen LogP contribution in [-0.4, -0.2) is 46.4 Å². The third-order valence-electron chi connectivity index (χ3n) is 6.02. The van der Waals surface area contributed by atoms with Crippen molar-refractivity contribution < 1.29 is 23.9 Å². The van der Waals surface area contributed by atoms with Crippen molar-refractivity contribution >= 4 is 22.2 Å². The Kier molecular flexibility index (Phi) is 7.65. The van der Waals surface area contributed by atoms with Crippen LogP contribution in [-0.2, 0) is 11.2 Å². The Hall–Kier alpha value is -2.87. The number of rotatable bonds is 8. The molecule has 0 radical (unpaired) electrons. The van der Waals surface area contributed by atoms with Crippen LogP contribution in [0.5, 0.6) is 11.5 Å². The smallest absolute Gasteiger partial charge is 0.256 e. The zero-order valence-corrected chi connectivity index (χ0v) is 20.2. The Morgan fingerprint density at radius 3 is 2.45 bits per heavy atom. The fraction of sp³-hybridized carbons (Fsp3) is 0.346. The Bertz CT molecular complexity index is 1080. The molecule has 2 N–H and O–H groups in total. The molecule has 0 bridgehead atoms. The molecule has 6 nitrogen and oxygen atoms in total. The van der Waals surface area contributed by atoms with Crippen LogP contribution in [0.2, 0.25) is 0 Å². The number of thiophene rings is 1. The molecule has 0 aliphatic carbocycles. The number of hydrogen-bond donors (Lipinski definition) is 2. The highest BCUT2D eigenvalue weighted by molar-refractivity contribution is 7.16. The zero-order valence-electron chi connectivity index (χ0n) is 19.4. The van der Waals surface area contributed by atoms with Gasteiger partial charge in [0.15, 0.2) is 11.5 Å². The van der Waals surface area contributed by atoms with E-state index in [1.165, 1.54) is 9.78 Å². The first-order valence-corrected chi connectivity index (χ1v) is 12.1. The zero-order chi connectivity index (χ0) is 23.2. The first kappa shape index (κ1) is 23.3. The molecule has 1 aromatic heterocycles. The number of ether oxygens (including phenoxy) is 3. The van der Waals surface area contributed by atoms with Crippen molar-refractivity contribution in [2.75, 3.05) is 45.8 Å². The minimum Gasteiger partial charge on any atom is -0.493 e. The van der Waals surface area contributed by atoms with Crippen molar-refractivity contribution in [3.05, 3.63) is 76.2 Å². The maximum absolute atomic E-state index is 13.0. The van der Waals surface area contributed by atoms with Gasteiger partial charge in [-0.05, 0) is 42.8 Å². The van der Waals surface area contributed by atoms with Crippen molar-refractivity contribution in [2.24, 2.45) is 0 Å². The number of hydrogen-bond acceptors (Lipinski definition) is 5. The van der Waals surface area contributed by atoms with Gasteiger partial charge in [0.2, 0.25) is 0 Å². The van der Waals surface area contributed by atoms with E-state index in [0.29, 0.717) is 17.1 Å². The number of anilines is 1. The summed E-state index contributed by atoms with van der Waals surface area (Å²) >= 11 is 1.65. The molecular weight excluding hydrogens is 436 g/mol. The highest BCUT2D eigenvalue weighted by Crippen LogP contribution is 2.38. The molecule has 2 aromatic carbocycles. The van der Waals surface area contributed by atoms with Gasteiger partial charge in [-0.1, -0.05) is 25.1 Å². The molecule has 1 atom stereocenters. The fourth-order valence-corrected chi connectivity index (χ4v) is 5.33. The summed E-state index contributed by atoms with van der Waals surface area (Å²) in [4.78, 5) is 15.7. The molecule has 2 heterocycles. The van der Waals surface area contributed by atoms with Crippen LogP contribution in [0.4, 0.5) is 5.00 Å². The van der Waals surface area contributed by atoms with Crippen LogP contribution in [0, 0.1) is 0 Å². The normalized spacial score (nSPS) is 15.1. The van der Waals surface area contributed by atoms with Crippen LogP contribution in [0.15, 0.2) is 54.6 Å². The average molecular weight is 468 g/mol. The van der Waals surface area contributed by atoms with E-state index in [1.54, 1.807) is 25.6 Å². The lowest BCUT2D eigenvalue weighted by Crippen LogP contribution is -3.14. The summed E-state index contributed by atoms with van der Waals surface area (Å²) in [7, 11) is 3.30. The number of quaternary nitrogens is 1. The van der Waals surface area contributed by atoms with Gasteiger partial charge in [-0.2, -0.15) is 0 Å². The van der Waals surface area contributed by atoms with Gasteiger partial charge in [-0.25, -0.2) is 0 Å². The molecule has 174 valence electrons. The topological polar surface area (TPSA) is 61.2 Å². The molecule has 1 saturated heterocycles. The van der Waals surface area contributed by atoms with Crippen LogP contribution < -0.4 is 19.7 Å². The number of morpholine rings is 1. The van der Waals surface area contributed by atoms with Crippen molar-refractivity contribution in [2.45, 2.75) is 19.4 Å². The molecule has 7 heteroatoms. The Morgan fingerprint density at radius 2 is 1.79 bits per heavy atom. The van der Waals surface area contributed by atoms with Gasteiger partial charge in [-0.3, -0.25) is 4.79 Å². The second-order valence-corrected chi connectivity index (χ2v) is 9.13. The standard InChI is InChI=1S/C26H30N2O4S/c1-4-20-17-21(26(33-20)27-25(29)18-8-6-5-7-9-18)24(28-12-14-32-15-13-28)19-10-11-22(30-2)23(16-19)31-3/h5-11,16-17,24H,4,12-15H2,1-3H3,(H,27,29)/p+1. The van der Waals surface area contributed by atoms with E-state index < -0.39 is 0 Å². The van der Waals surface area contributed by atoms with Gasteiger partial charge >= 0.3 is 0 Å². The van der Waals surface area contributed by atoms with Crippen LogP contribution in [0.25, 0.3) is 0 Å². The van der Waals surface area contributed by atoms with Gasteiger partial charge in [0, 0.05) is 21.6 Å². The van der Waals surface area contributed by atoms with E-state index in [4.69, 9.17) is 14.2 Å². The molecule has 1 aliphatic rings. The summed E-state index contributed by atoms with van der Waals surface area (Å²) in [6.07, 6.45) is 0.913. The molecule has 0 spiro atoms. The highest BCUT2D eigenvalue weighted by Gasteiger charge is 2.32. The first-order chi connectivity index (χ1) is 16.1. The predicted octanol–water partition coefficient (Wildman–Crippen LogP) is 3.58. The largest absolute Gasteiger partial charge is 0.493 e. The Labute approximate surface area is 199 Å². The summed E-state index contributed by atoms with van der Waals surface area (Å²) < 4.78 is 16.7. The second kappa shape index (κ2) is 10.8. The molecule has 1 fully saturated rings. The average Bonchev–Trinajstić information content (AvgIpc) is 3.27. The summed E-state index contributed by atoms with van der Waals surface area (Å²) in [6.45, 7) is 5.36. The van der Waals surface area contributed by atoms with E-state index >= 15 is 0 Å². The predicted molar refractivity (Wildman–Crippen MR) is 131 cm³/mol. The first-order valence-electron chi connectivity index (χ1n) is 11.3. The van der Waals surface area contributed by atoms with Gasteiger partial charge in [-0.15, -0.1) is 11.3 Å². The third-order valence-corrected chi connectivity index (χ3v) is 7.23. The van der Waals surface area contributed by atoms with Crippen molar-refractivity contribution in [1.82, 2.24) is 0 Å². The second-order valence-electron chi connectivity index (χ2n) is 7.99. The minimum absolute atomic E-state index is 0.0383. The van der Waals surface area contributed by atoms with E-state index in [0.717, 1.165) is 48.9 Å². The SMILES string of the molecule is CCc1cc(C(c2ccc(OC)c(OC)c2)[NH+]2CCOCC2)c(NC(=O)c2ccccc2)s1. The molecule has 3 aromatic rings. The Morgan fingerprint density at radius 1 is 1.06 bits per heavy atom. The van der Waals surface area contributed by atoms with E-state index in [2.05, 4.69) is 30.4 Å². The van der Waals surface area contributed by atoms with Gasteiger partial charge in [0.05, 0.1) is 27.4 Å². The summed E-state index contributed by atoms with van der Waals surface area (Å²) in [6, 6.07) is 17.7. The molecule has 4 rings (SSSR count). The Balaban J connectivity index is 1.77. The van der Waals surface area contributed by atoms with E-state index in [1.807, 2.05) is 36.4 Å². The number of nitrogens with one attached hydrogen (secondary N) is 2. The lowest BCUT2D eigenvalue weighted by atomic mass is 9.97. The molecule has 1 aliphatic heterocycles. The number of methoxy groups -OCH3 is 2. The lowest BCUT2D eigenvalue weighted by molar-refractivity contribution is -0.933. The van der Waals surface area contributed by atoms with Gasteiger partial charge in [0.1, 0.15) is 24.1 Å². The number of amides is 1. The fourth-order valence-electron chi connectivity index (χ4n) is 4.30. The number of carbonyl (C=O) groups is 1. The minimum atomic E-state index is -0.0932. The van der Waals surface area contributed by atoms with E-state index in [-0.39, 0.29) is 11.9 Å². The number of carbonyl (C=O) groups excluding carboxylic acids is 1. The van der Waals surface area contributed by atoms with Crippen molar-refractivity contribution in [1.29, 1.82) is 0 Å². The number of aryl methyl sites for hydroxylation is 1. The quantitative estimate of drug-likeness (QED) is 0.532. The highest BCUT2D eigenvalue weighted by atomic mass is 32.1. The van der Waals surface area contributed by atoms with Crippen LogP contribution in [0.3, 0.4) is 0 Å². The monoisotopic (exact) mass is 467 g/mol. The molecule has 1 unspecified atom stereocenters. The third kappa shape index (κ3) is 5.21. The van der Waals surface area contributed by atoms with E-state index in [9.17, 15) is 4.79 Å². The van der Waals surface area contributed by atoms with Crippen LogP contribution >= 0.6 is 11.3 Å². The maximum Gasteiger partial charge on any atom is 0.256 e. The van der Waals surface area contributed by atoms with Crippen molar-refractivity contribution in [3.63, 3.8) is 0 Å². The number of benzene rings is 2. The molecule has 33 heavy (non-hydrogen) atoms.